The van der Waals surface area contributed by atoms with Crippen LogP contribution in [0.3, 0.4) is 0 Å². The van der Waals surface area contributed by atoms with E-state index in [1.165, 1.54) is 12.3 Å². The Kier molecular flexibility index (Phi) is 3.69. The Morgan fingerprint density at radius 2 is 2.16 bits per heavy atom. The lowest BCUT2D eigenvalue weighted by molar-refractivity contribution is 0.169. The summed E-state index contributed by atoms with van der Waals surface area (Å²) in [6.45, 7) is 8.12. The number of aromatic hydroxyl groups is 1. The van der Waals surface area contributed by atoms with Crippen LogP contribution in [-0.4, -0.2) is 15.0 Å². The van der Waals surface area contributed by atoms with Gasteiger partial charge in [0.15, 0.2) is 0 Å². The second kappa shape index (κ2) is 5.11. The highest BCUT2D eigenvalue weighted by atomic mass is 16.5. The number of rotatable bonds is 2. The molecular weight excluding hydrogens is 242 g/mol. The summed E-state index contributed by atoms with van der Waals surface area (Å²) < 4.78 is 0.545. The molecule has 1 aromatic rings. The zero-order valence-electron chi connectivity index (χ0n) is 11.5. The Balaban J connectivity index is 2.51. The summed E-state index contributed by atoms with van der Waals surface area (Å²) in [5.74, 6) is 0.609. The number of allylic oxidation sites excluding steroid dienone is 1. The van der Waals surface area contributed by atoms with Gasteiger partial charge in [-0.15, -0.1) is 0 Å². The fourth-order valence-electron chi connectivity index (χ4n) is 3.17. The number of aromatic nitrogens is 1. The number of hydrogen-bond acceptors (Lipinski definition) is 3. The smallest absolute Gasteiger partial charge is 0.290 e. The molecule has 1 aromatic heterocycles. The highest BCUT2D eigenvalue weighted by Crippen LogP contribution is 2.44. The predicted octanol–water partition coefficient (Wildman–Crippen LogP) is 2.89. The van der Waals surface area contributed by atoms with Gasteiger partial charge in [-0.25, -0.2) is 0 Å². The minimum Gasteiger partial charge on any atom is -0.507 e. The van der Waals surface area contributed by atoms with Crippen molar-refractivity contribution in [2.24, 2.45) is 11.8 Å². The molecule has 0 spiro atoms. The summed E-state index contributed by atoms with van der Waals surface area (Å²) >= 11 is 0. The van der Waals surface area contributed by atoms with Gasteiger partial charge < -0.3 is 10.3 Å². The first-order valence-corrected chi connectivity index (χ1v) is 6.71. The molecule has 0 unspecified atom stereocenters. The van der Waals surface area contributed by atoms with Gasteiger partial charge in [0.05, 0.1) is 11.8 Å². The first kappa shape index (κ1) is 13.7. The predicted molar refractivity (Wildman–Crippen MR) is 73.6 cm³/mol. The van der Waals surface area contributed by atoms with Crippen LogP contribution in [0.25, 0.3) is 0 Å². The van der Waals surface area contributed by atoms with Crippen molar-refractivity contribution in [3.63, 3.8) is 0 Å². The maximum Gasteiger partial charge on any atom is 0.290 e. The van der Waals surface area contributed by atoms with E-state index in [9.17, 15) is 15.1 Å². The topological polar surface area (TPSA) is 62.5 Å². The van der Waals surface area contributed by atoms with Gasteiger partial charge in [-0.2, -0.15) is 4.73 Å². The van der Waals surface area contributed by atoms with E-state index in [0.29, 0.717) is 16.2 Å². The van der Waals surface area contributed by atoms with E-state index in [0.717, 1.165) is 24.8 Å². The third kappa shape index (κ3) is 2.53. The second-order valence-electron chi connectivity index (χ2n) is 5.74. The molecule has 0 amide bonds. The lowest BCUT2D eigenvalue weighted by Gasteiger charge is -2.35. The summed E-state index contributed by atoms with van der Waals surface area (Å²) in [4.78, 5) is 12.1. The molecule has 1 aliphatic carbocycles. The lowest BCUT2D eigenvalue weighted by atomic mass is 9.69. The van der Waals surface area contributed by atoms with Crippen LogP contribution in [0.15, 0.2) is 29.2 Å². The van der Waals surface area contributed by atoms with Crippen LogP contribution in [0.5, 0.6) is 5.75 Å². The summed E-state index contributed by atoms with van der Waals surface area (Å²) in [6, 6.07) is 1.37. The van der Waals surface area contributed by atoms with Crippen molar-refractivity contribution in [3.8, 4) is 5.75 Å². The molecule has 1 heterocycles. The Morgan fingerprint density at radius 1 is 1.47 bits per heavy atom. The van der Waals surface area contributed by atoms with E-state index < -0.39 is 5.56 Å². The molecule has 0 aliphatic heterocycles. The van der Waals surface area contributed by atoms with Crippen molar-refractivity contribution >= 4 is 0 Å². The fraction of sp³-hybridized carbons (Fsp3) is 0.533. The van der Waals surface area contributed by atoms with Crippen LogP contribution in [0.4, 0.5) is 0 Å². The third-order valence-corrected chi connectivity index (χ3v) is 4.20. The zero-order valence-corrected chi connectivity index (χ0v) is 11.5. The van der Waals surface area contributed by atoms with Gasteiger partial charge in [0.2, 0.25) is 0 Å². The quantitative estimate of drug-likeness (QED) is 0.637. The molecule has 1 aliphatic rings. The molecular formula is C15H21NO3. The SMILES string of the molecule is C=C(C)[C@H]1CC[C@H](C)C[C@@H]1c1c(O)ccn(O)c1=O. The Bertz CT molecular complexity index is 547. The van der Waals surface area contributed by atoms with Gasteiger partial charge in [-0.05, 0) is 37.5 Å². The zero-order chi connectivity index (χ0) is 14.2. The van der Waals surface area contributed by atoms with Crippen LogP contribution >= 0.6 is 0 Å². The maximum atomic E-state index is 12.1. The van der Waals surface area contributed by atoms with Crippen LogP contribution in [0, 0.1) is 11.8 Å². The van der Waals surface area contributed by atoms with Crippen molar-refractivity contribution in [2.75, 3.05) is 0 Å². The first-order valence-electron chi connectivity index (χ1n) is 6.71. The first-order chi connectivity index (χ1) is 8.91. The minimum absolute atomic E-state index is 0.0272. The Hall–Kier alpha value is -1.71. The molecule has 1 fully saturated rings. The van der Waals surface area contributed by atoms with E-state index in [1.54, 1.807) is 0 Å². The molecule has 104 valence electrons. The van der Waals surface area contributed by atoms with Crippen LogP contribution in [0.1, 0.15) is 44.6 Å². The van der Waals surface area contributed by atoms with Crippen LogP contribution < -0.4 is 5.56 Å². The highest BCUT2D eigenvalue weighted by molar-refractivity contribution is 5.34. The molecule has 3 atom stereocenters. The van der Waals surface area contributed by atoms with Gasteiger partial charge in [0.1, 0.15) is 5.75 Å². The average Bonchev–Trinajstić information content (AvgIpc) is 2.34. The van der Waals surface area contributed by atoms with Crippen molar-refractivity contribution in [2.45, 2.75) is 39.0 Å². The Morgan fingerprint density at radius 3 is 2.79 bits per heavy atom. The number of hydrogen-bond donors (Lipinski definition) is 2. The van der Waals surface area contributed by atoms with E-state index >= 15 is 0 Å². The molecule has 0 bridgehead atoms. The standard InChI is InChI=1S/C15H21NO3/c1-9(2)11-5-4-10(3)8-12(11)14-13(17)6-7-16(19)15(14)18/h6-7,10-12,17,19H,1,4-5,8H2,2-3H3/t10-,11+,12-/m0/s1. The van der Waals surface area contributed by atoms with E-state index in [1.807, 2.05) is 6.92 Å². The van der Waals surface area contributed by atoms with Crippen molar-refractivity contribution < 1.29 is 10.3 Å². The lowest BCUT2D eigenvalue weighted by Crippen LogP contribution is -2.30. The fourth-order valence-corrected chi connectivity index (χ4v) is 3.17. The molecule has 0 aromatic carbocycles. The largest absolute Gasteiger partial charge is 0.507 e. The monoisotopic (exact) mass is 263 g/mol. The van der Waals surface area contributed by atoms with Gasteiger partial charge in [-0.3, -0.25) is 4.79 Å². The molecule has 4 heteroatoms. The summed E-state index contributed by atoms with van der Waals surface area (Å²) in [5.41, 5.74) is 0.832. The average molecular weight is 263 g/mol. The molecule has 2 rings (SSSR count). The summed E-state index contributed by atoms with van der Waals surface area (Å²) in [7, 11) is 0. The molecule has 0 radical (unpaired) electrons. The van der Waals surface area contributed by atoms with Crippen molar-refractivity contribution in [1.29, 1.82) is 0 Å². The van der Waals surface area contributed by atoms with E-state index in [-0.39, 0.29) is 17.6 Å². The van der Waals surface area contributed by atoms with Gasteiger partial charge >= 0.3 is 0 Å². The third-order valence-electron chi connectivity index (χ3n) is 4.20. The molecule has 2 N–H and O–H groups in total. The molecule has 0 saturated heterocycles. The van der Waals surface area contributed by atoms with Gasteiger partial charge in [0, 0.05) is 6.07 Å². The van der Waals surface area contributed by atoms with E-state index in [2.05, 4.69) is 13.5 Å². The molecule has 1 saturated carbocycles. The highest BCUT2D eigenvalue weighted by Gasteiger charge is 2.34. The van der Waals surface area contributed by atoms with Crippen LogP contribution in [-0.2, 0) is 0 Å². The van der Waals surface area contributed by atoms with E-state index in [4.69, 9.17) is 0 Å². The van der Waals surface area contributed by atoms with Gasteiger partial charge in [-0.1, -0.05) is 25.5 Å². The Labute approximate surface area is 113 Å². The minimum atomic E-state index is -0.523. The number of nitrogens with zero attached hydrogens (tertiary/aromatic N) is 1. The maximum absolute atomic E-state index is 12.1. The summed E-state index contributed by atoms with van der Waals surface area (Å²) in [6.07, 6.45) is 4.09. The second-order valence-corrected chi connectivity index (χ2v) is 5.74. The molecule has 19 heavy (non-hydrogen) atoms. The van der Waals surface area contributed by atoms with Crippen molar-refractivity contribution in [3.05, 3.63) is 40.3 Å². The molecule has 4 nitrogen and oxygen atoms in total. The normalized spacial score (nSPS) is 27.2. The number of pyridine rings is 1. The van der Waals surface area contributed by atoms with Gasteiger partial charge in [0.25, 0.3) is 5.56 Å². The van der Waals surface area contributed by atoms with Crippen molar-refractivity contribution in [1.82, 2.24) is 4.73 Å². The van der Waals surface area contributed by atoms with Crippen LogP contribution in [0.2, 0.25) is 0 Å². The summed E-state index contributed by atoms with van der Waals surface area (Å²) in [5, 5.41) is 19.5.